The monoisotopic (exact) mass is 825 g/mol. The van der Waals surface area contributed by atoms with Crippen molar-refractivity contribution in [3.63, 3.8) is 0 Å². The first-order valence-corrected chi connectivity index (χ1v) is 24.0. The molecule has 12 heteroatoms. The Kier molecular flexibility index (Phi) is 35.5. The molecule has 1 fully saturated rings. The highest BCUT2D eigenvalue weighted by molar-refractivity contribution is 5.70. The van der Waals surface area contributed by atoms with E-state index in [0.717, 1.165) is 103 Å². The van der Waals surface area contributed by atoms with E-state index in [1.165, 1.54) is 77.0 Å². The molecule has 1 rings (SSSR count). The van der Waals surface area contributed by atoms with Crippen LogP contribution in [0.3, 0.4) is 0 Å². The Labute approximate surface area is 354 Å². The van der Waals surface area contributed by atoms with E-state index in [9.17, 15) is 19.2 Å². The second-order valence-corrected chi connectivity index (χ2v) is 16.3. The van der Waals surface area contributed by atoms with Crippen LogP contribution in [0.15, 0.2) is 0 Å². The molecule has 1 aliphatic heterocycles. The molecule has 1 aliphatic rings. The van der Waals surface area contributed by atoms with Crippen LogP contribution in [-0.2, 0) is 28.5 Å². The van der Waals surface area contributed by atoms with Crippen molar-refractivity contribution in [1.29, 1.82) is 0 Å². The first-order valence-electron chi connectivity index (χ1n) is 24.0. The van der Waals surface area contributed by atoms with Gasteiger partial charge in [-0.2, -0.15) is 0 Å². The van der Waals surface area contributed by atoms with Crippen LogP contribution >= 0.6 is 0 Å². The number of carbonyl (C=O) groups excluding carboxylic acids is 4. The first-order chi connectivity index (χ1) is 28.3. The quantitative estimate of drug-likeness (QED) is 0.0350. The summed E-state index contributed by atoms with van der Waals surface area (Å²) in [7, 11) is 0. The van der Waals surface area contributed by atoms with E-state index < -0.39 is 0 Å². The van der Waals surface area contributed by atoms with Crippen LogP contribution in [0.4, 0.5) is 9.59 Å². The lowest BCUT2D eigenvalue weighted by Crippen LogP contribution is -2.36. The van der Waals surface area contributed by atoms with E-state index >= 15 is 0 Å². The number of nitrogens with zero attached hydrogens (tertiary/aromatic N) is 2. The molecule has 0 aromatic heterocycles. The number of amides is 2. The standard InChI is InChI=1S/C46H88N4O8/c1-5-9-11-13-15-19-27-41(7-3)57-45(53)47-31-21-17-25-39-55-43(51)29-35-50(38-37-49-33-23-24-34-49)36-30-44(52)56-40-26-18-22-32-48-46(54)58-42(8-4)28-20-16-14-12-10-6-2/h41-42H,5-40H2,1-4H3,(H,47,53)(H,48,54). The molecule has 58 heavy (non-hydrogen) atoms. The SMILES string of the molecule is CCCCCCCCC(CC)OC(=O)NCCCCCOC(=O)CCN(CCC(=O)OCCCCCNC(=O)OC(CC)CCCCCCCC)CCN1CCCC1. The number of rotatable bonds is 39. The van der Waals surface area contributed by atoms with Crippen molar-refractivity contribution in [2.75, 3.05) is 65.6 Å². The van der Waals surface area contributed by atoms with Gasteiger partial charge in [0.2, 0.25) is 0 Å². The molecule has 0 saturated carbocycles. The zero-order valence-electron chi connectivity index (χ0n) is 37.8. The number of hydrogen-bond donors (Lipinski definition) is 2. The number of unbranched alkanes of at least 4 members (excludes halogenated alkanes) is 14. The molecular formula is C46H88N4O8. The normalized spacial score (nSPS) is 13.9. The van der Waals surface area contributed by atoms with E-state index in [2.05, 4.69) is 48.1 Å². The minimum atomic E-state index is -0.342. The molecule has 2 atom stereocenters. The Hall–Kier alpha value is -2.60. The number of hydrogen-bond acceptors (Lipinski definition) is 10. The fourth-order valence-electron chi connectivity index (χ4n) is 7.21. The van der Waals surface area contributed by atoms with Gasteiger partial charge in [0.05, 0.1) is 26.1 Å². The van der Waals surface area contributed by atoms with Crippen LogP contribution in [-0.4, -0.2) is 112 Å². The number of ether oxygens (including phenoxy) is 4. The average molecular weight is 825 g/mol. The van der Waals surface area contributed by atoms with Gasteiger partial charge in [0.1, 0.15) is 12.2 Å². The van der Waals surface area contributed by atoms with Crippen molar-refractivity contribution < 1.29 is 38.1 Å². The van der Waals surface area contributed by atoms with Crippen LogP contribution in [0, 0.1) is 0 Å². The minimum Gasteiger partial charge on any atom is -0.466 e. The van der Waals surface area contributed by atoms with Gasteiger partial charge in [0, 0.05) is 39.3 Å². The third-order valence-electron chi connectivity index (χ3n) is 11.1. The number of likely N-dealkylation sites (tertiary alicyclic amines) is 1. The van der Waals surface area contributed by atoms with Crippen molar-refractivity contribution in [3.8, 4) is 0 Å². The van der Waals surface area contributed by atoms with Gasteiger partial charge in [-0.15, -0.1) is 0 Å². The molecular weight excluding hydrogens is 737 g/mol. The zero-order valence-corrected chi connectivity index (χ0v) is 37.8. The molecule has 0 aliphatic carbocycles. The van der Waals surface area contributed by atoms with Crippen LogP contribution in [0.25, 0.3) is 0 Å². The summed E-state index contributed by atoms with van der Waals surface area (Å²) in [6.45, 7) is 15.4. The molecule has 0 aromatic carbocycles. The van der Waals surface area contributed by atoms with Gasteiger partial charge < -0.3 is 39.4 Å². The fourth-order valence-corrected chi connectivity index (χ4v) is 7.21. The number of esters is 2. The summed E-state index contributed by atoms with van der Waals surface area (Å²) in [5, 5.41) is 5.73. The minimum absolute atomic E-state index is 0.0242. The fraction of sp³-hybridized carbons (Fsp3) is 0.913. The van der Waals surface area contributed by atoms with Gasteiger partial charge in [-0.25, -0.2) is 9.59 Å². The molecule has 0 bridgehead atoms. The number of carbonyl (C=O) groups is 4. The third kappa shape index (κ3) is 32.3. The Balaban J connectivity index is 2.19. The predicted molar refractivity (Wildman–Crippen MR) is 234 cm³/mol. The summed E-state index contributed by atoms with van der Waals surface area (Å²) in [6, 6.07) is 0. The zero-order chi connectivity index (χ0) is 42.3. The topological polar surface area (TPSA) is 136 Å². The van der Waals surface area contributed by atoms with Crippen molar-refractivity contribution in [1.82, 2.24) is 20.4 Å². The molecule has 0 spiro atoms. The Morgan fingerprint density at radius 3 is 1.38 bits per heavy atom. The first kappa shape index (κ1) is 53.4. The average Bonchev–Trinajstić information content (AvgIpc) is 3.75. The van der Waals surface area contributed by atoms with Crippen LogP contribution < -0.4 is 10.6 Å². The van der Waals surface area contributed by atoms with Crippen LogP contribution in [0.2, 0.25) is 0 Å². The highest BCUT2D eigenvalue weighted by Crippen LogP contribution is 2.14. The molecule has 1 saturated heterocycles. The van der Waals surface area contributed by atoms with Crippen molar-refractivity contribution in [2.24, 2.45) is 0 Å². The van der Waals surface area contributed by atoms with Crippen LogP contribution in [0.1, 0.15) is 195 Å². The van der Waals surface area contributed by atoms with Crippen molar-refractivity contribution in [2.45, 2.75) is 207 Å². The lowest BCUT2D eigenvalue weighted by atomic mass is 10.1. The van der Waals surface area contributed by atoms with Gasteiger partial charge in [-0.1, -0.05) is 91.9 Å². The summed E-state index contributed by atoms with van der Waals surface area (Å²) < 4.78 is 22.2. The molecule has 2 amide bonds. The van der Waals surface area contributed by atoms with E-state index in [0.29, 0.717) is 39.4 Å². The van der Waals surface area contributed by atoms with Gasteiger partial charge in [-0.3, -0.25) is 9.59 Å². The highest BCUT2D eigenvalue weighted by Gasteiger charge is 2.17. The third-order valence-corrected chi connectivity index (χ3v) is 11.1. The molecule has 340 valence electrons. The summed E-state index contributed by atoms with van der Waals surface area (Å²) in [4.78, 5) is 54.2. The largest absolute Gasteiger partial charge is 0.466 e. The van der Waals surface area contributed by atoms with Crippen molar-refractivity contribution >= 4 is 24.1 Å². The molecule has 0 aromatic rings. The molecule has 1 heterocycles. The summed E-state index contributed by atoms with van der Waals surface area (Å²) in [5.41, 5.74) is 0. The number of nitrogens with one attached hydrogen (secondary N) is 2. The van der Waals surface area contributed by atoms with Gasteiger partial charge in [0.15, 0.2) is 0 Å². The van der Waals surface area contributed by atoms with Gasteiger partial charge >= 0.3 is 24.1 Å². The van der Waals surface area contributed by atoms with E-state index in [1.54, 1.807) is 0 Å². The molecule has 2 unspecified atom stereocenters. The highest BCUT2D eigenvalue weighted by atomic mass is 16.6. The maximum absolute atomic E-state index is 12.6. The molecule has 2 N–H and O–H groups in total. The lowest BCUT2D eigenvalue weighted by Gasteiger charge is -2.24. The molecule has 12 nitrogen and oxygen atoms in total. The maximum Gasteiger partial charge on any atom is 0.407 e. The van der Waals surface area contributed by atoms with Crippen LogP contribution in [0.5, 0.6) is 0 Å². The van der Waals surface area contributed by atoms with E-state index in [1.807, 2.05) is 0 Å². The maximum atomic E-state index is 12.6. The van der Waals surface area contributed by atoms with Gasteiger partial charge in [0.25, 0.3) is 0 Å². The van der Waals surface area contributed by atoms with E-state index in [4.69, 9.17) is 18.9 Å². The Bertz CT molecular complexity index is 944. The smallest absolute Gasteiger partial charge is 0.407 e. The Morgan fingerprint density at radius 2 is 0.948 bits per heavy atom. The number of alkyl carbamates (subject to hydrolysis) is 2. The second-order valence-electron chi connectivity index (χ2n) is 16.3. The summed E-state index contributed by atoms with van der Waals surface area (Å²) >= 11 is 0. The summed E-state index contributed by atoms with van der Waals surface area (Å²) in [5.74, 6) is -0.458. The van der Waals surface area contributed by atoms with E-state index in [-0.39, 0.29) is 49.2 Å². The van der Waals surface area contributed by atoms with Gasteiger partial charge in [-0.05, 0) is 103 Å². The summed E-state index contributed by atoms with van der Waals surface area (Å²) in [6.07, 6.45) is 25.3. The van der Waals surface area contributed by atoms with Crippen molar-refractivity contribution in [3.05, 3.63) is 0 Å². The predicted octanol–water partition coefficient (Wildman–Crippen LogP) is 10.1. The Morgan fingerprint density at radius 1 is 0.534 bits per heavy atom. The second kappa shape index (κ2) is 38.6. The lowest BCUT2D eigenvalue weighted by molar-refractivity contribution is -0.144. The molecule has 0 radical (unpaired) electrons.